The smallest absolute Gasteiger partial charge is 0.319 e. The average molecular weight is 338 g/mol. The number of hydrogen-bond acceptors (Lipinski definition) is 3. The highest BCUT2D eigenvalue weighted by Crippen LogP contribution is 2.15. The van der Waals surface area contributed by atoms with E-state index >= 15 is 0 Å². The van der Waals surface area contributed by atoms with Crippen LogP contribution in [0.5, 0.6) is 0 Å². The van der Waals surface area contributed by atoms with Gasteiger partial charge >= 0.3 is 6.03 Å². The second-order valence-electron chi connectivity index (χ2n) is 5.42. The third-order valence-corrected chi connectivity index (χ3v) is 3.58. The number of rotatable bonds is 5. The molecule has 0 aliphatic heterocycles. The summed E-state index contributed by atoms with van der Waals surface area (Å²) < 4.78 is 6.89. The third-order valence-electron chi connectivity index (χ3n) is 3.58. The molecule has 0 atom stereocenters. The Hall–Kier alpha value is -3.48. The van der Waals surface area contributed by atoms with E-state index in [-0.39, 0.29) is 11.9 Å². The Morgan fingerprint density at radius 2 is 1.72 bits per heavy atom. The van der Waals surface area contributed by atoms with Gasteiger partial charge in [-0.1, -0.05) is 0 Å². The predicted octanol–water partition coefficient (Wildman–Crippen LogP) is 3.19. The van der Waals surface area contributed by atoms with Crippen LogP contribution in [0.1, 0.15) is 16.2 Å². The van der Waals surface area contributed by atoms with Crippen LogP contribution in [0, 0.1) is 0 Å². The number of amides is 3. The first-order valence-electron chi connectivity index (χ1n) is 7.72. The largest absolute Gasteiger partial charge is 0.467 e. The molecule has 0 spiro atoms. The number of nitrogens with one attached hydrogen (secondary N) is 3. The van der Waals surface area contributed by atoms with Gasteiger partial charge in [-0.2, -0.15) is 0 Å². The van der Waals surface area contributed by atoms with Crippen molar-refractivity contribution in [2.45, 2.75) is 6.54 Å². The summed E-state index contributed by atoms with van der Waals surface area (Å²) in [6.45, 7) is 0.309. The average Bonchev–Trinajstić information content (AvgIpc) is 3.26. The molecule has 3 aromatic rings. The first kappa shape index (κ1) is 16.4. The normalized spacial score (nSPS) is 10.3. The molecular weight excluding hydrogens is 320 g/mol. The lowest BCUT2D eigenvalue weighted by Gasteiger charge is -2.09. The topological polar surface area (TPSA) is 88.3 Å². The quantitative estimate of drug-likeness (QED) is 0.667. The van der Waals surface area contributed by atoms with E-state index in [9.17, 15) is 9.59 Å². The summed E-state index contributed by atoms with van der Waals surface area (Å²) in [5, 5.41) is 8.21. The van der Waals surface area contributed by atoms with Crippen molar-refractivity contribution in [1.29, 1.82) is 0 Å². The number of benzene rings is 1. The maximum absolute atomic E-state index is 12.1. The molecule has 0 radical (unpaired) electrons. The zero-order valence-electron chi connectivity index (χ0n) is 13.7. The van der Waals surface area contributed by atoms with Gasteiger partial charge in [-0.05, 0) is 48.5 Å². The Labute approximate surface area is 144 Å². The second kappa shape index (κ2) is 7.39. The molecule has 3 amide bonds. The summed E-state index contributed by atoms with van der Waals surface area (Å²) in [6.07, 6.45) is 3.36. The van der Waals surface area contributed by atoms with Crippen LogP contribution < -0.4 is 16.0 Å². The highest BCUT2D eigenvalue weighted by Gasteiger charge is 2.09. The minimum Gasteiger partial charge on any atom is -0.467 e. The molecule has 0 unspecified atom stereocenters. The van der Waals surface area contributed by atoms with Crippen molar-refractivity contribution < 1.29 is 14.0 Å². The maximum Gasteiger partial charge on any atom is 0.319 e. The SMILES string of the molecule is Cn1cccc1C(=O)Nc1ccc(NC(=O)NCc2ccco2)cc1. The van der Waals surface area contributed by atoms with Crippen molar-refractivity contribution >= 4 is 23.3 Å². The number of aryl methyl sites for hydroxylation is 1. The lowest BCUT2D eigenvalue weighted by atomic mass is 10.2. The van der Waals surface area contributed by atoms with E-state index in [1.54, 1.807) is 53.3 Å². The minimum absolute atomic E-state index is 0.190. The lowest BCUT2D eigenvalue weighted by Crippen LogP contribution is -2.27. The molecule has 128 valence electrons. The van der Waals surface area contributed by atoms with Crippen LogP contribution in [-0.4, -0.2) is 16.5 Å². The van der Waals surface area contributed by atoms with Crippen LogP contribution in [0.4, 0.5) is 16.2 Å². The van der Waals surface area contributed by atoms with Gasteiger partial charge in [-0.3, -0.25) is 4.79 Å². The molecule has 2 heterocycles. The Bertz CT molecular complexity index is 851. The van der Waals surface area contributed by atoms with E-state index in [1.165, 1.54) is 0 Å². The summed E-state index contributed by atoms with van der Waals surface area (Å²) in [4.78, 5) is 24.0. The molecule has 7 nitrogen and oxygen atoms in total. The Morgan fingerprint density at radius 3 is 2.32 bits per heavy atom. The van der Waals surface area contributed by atoms with Crippen molar-refractivity contribution in [2.75, 3.05) is 10.6 Å². The molecule has 3 N–H and O–H groups in total. The number of urea groups is 1. The van der Waals surface area contributed by atoms with E-state index in [0.717, 1.165) is 0 Å². The Morgan fingerprint density at radius 1 is 1.00 bits per heavy atom. The molecule has 3 rings (SSSR count). The van der Waals surface area contributed by atoms with Gasteiger partial charge in [0, 0.05) is 24.6 Å². The van der Waals surface area contributed by atoms with Crippen molar-refractivity contribution in [3.8, 4) is 0 Å². The van der Waals surface area contributed by atoms with E-state index in [1.807, 2.05) is 19.3 Å². The van der Waals surface area contributed by atoms with Gasteiger partial charge in [0.1, 0.15) is 11.5 Å². The molecule has 25 heavy (non-hydrogen) atoms. The summed E-state index contributed by atoms with van der Waals surface area (Å²) in [6, 6.07) is 13.6. The second-order valence-corrected chi connectivity index (χ2v) is 5.42. The van der Waals surface area contributed by atoms with Gasteiger partial charge in [0.2, 0.25) is 0 Å². The Balaban J connectivity index is 1.52. The van der Waals surface area contributed by atoms with Crippen molar-refractivity contribution in [1.82, 2.24) is 9.88 Å². The first-order chi connectivity index (χ1) is 12.1. The molecule has 0 bridgehead atoms. The van der Waals surface area contributed by atoms with Crippen LogP contribution in [0.3, 0.4) is 0 Å². The molecule has 0 saturated heterocycles. The van der Waals surface area contributed by atoms with Gasteiger partial charge < -0.3 is 24.9 Å². The van der Waals surface area contributed by atoms with Crippen LogP contribution in [0.25, 0.3) is 0 Å². The molecule has 1 aromatic carbocycles. The molecule has 2 aromatic heterocycles. The number of hydrogen-bond donors (Lipinski definition) is 3. The predicted molar refractivity (Wildman–Crippen MR) is 94.4 cm³/mol. The van der Waals surface area contributed by atoms with Gasteiger partial charge in [0.25, 0.3) is 5.91 Å². The number of nitrogens with zero attached hydrogens (tertiary/aromatic N) is 1. The molecule has 0 saturated carbocycles. The van der Waals surface area contributed by atoms with Gasteiger partial charge in [-0.25, -0.2) is 4.79 Å². The molecule has 0 aliphatic rings. The van der Waals surface area contributed by atoms with Gasteiger partial charge in [0.15, 0.2) is 0 Å². The number of aromatic nitrogens is 1. The van der Waals surface area contributed by atoms with E-state index in [0.29, 0.717) is 29.4 Å². The molecule has 0 aliphatic carbocycles. The highest BCUT2D eigenvalue weighted by atomic mass is 16.3. The number of carbonyl (C=O) groups excluding carboxylic acids is 2. The summed E-state index contributed by atoms with van der Waals surface area (Å²) in [5.74, 6) is 0.485. The van der Waals surface area contributed by atoms with E-state index in [4.69, 9.17) is 4.42 Å². The highest BCUT2D eigenvalue weighted by molar-refractivity contribution is 6.03. The van der Waals surface area contributed by atoms with Gasteiger partial charge in [-0.15, -0.1) is 0 Å². The van der Waals surface area contributed by atoms with Crippen molar-refractivity contribution in [3.63, 3.8) is 0 Å². The van der Waals surface area contributed by atoms with Crippen LogP contribution >= 0.6 is 0 Å². The van der Waals surface area contributed by atoms with E-state index in [2.05, 4.69) is 16.0 Å². The summed E-state index contributed by atoms with van der Waals surface area (Å²) in [5.41, 5.74) is 1.83. The van der Waals surface area contributed by atoms with Crippen molar-refractivity contribution in [2.24, 2.45) is 7.05 Å². The van der Waals surface area contributed by atoms with Crippen molar-refractivity contribution in [3.05, 3.63) is 72.4 Å². The number of furan rings is 1. The fourth-order valence-corrected chi connectivity index (χ4v) is 2.28. The lowest BCUT2D eigenvalue weighted by molar-refractivity contribution is 0.101. The molecule has 0 fully saturated rings. The number of carbonyl (C=O) groups is 2. The zero-order chi connectivity index (χ0) is 17.6. The first-order valence-corrected chi connectivity index (χ1v) is 7.72. The fraction of sp³-hybridized carbons (Fsp3) is 0.111. The molecular formula is C18H18N4O3. The zero-order valence-corrected chi connectivity index (χ0v) is 13.7. The summed E-state index contributed by atoms with van der Waals surface area (Å²) >= 11 is 0. The minimum atomic E-state index is -0.336. The molecule has 7 heteroatoms. The van der Waals surface area contributed by atoms with E-state index < -0.39 is 0 Å². The fourth-order valence-electron chi connectivity index (χ4n) is 2.28. The van der Waals surface area contributed by atoms with Gasteiger partial charge in [0.05, 0.1) is 12.8 Å². The maximum atomic E-state index is 12.1. The Kier molecular flexibility index (Phi) is 4.84. The van der Waals surface area contributed by atoms with Crippen LogP contribution in [0.2, 0.25) is 0 Å². The van der Waals surface area contributed by atoms with Crippen LogP contribution in [0.15, 0.2) is 65.4 Å². The standard InChI is InChI=1S/C18H18N4O3/c1-22-10-2-5-16(22)17(23)20-13-6-8-14(9-7-13)21-18(24)19-12-15-4-3-11-25-15/h2-11H,12H2,1H3,(H,20,23)(H2,19,21,24). The monoisotopic (exact) mass is 338 g/mol. The third kappa shape index (κ3) is 4.29. The van der Waals surface area contributed by atoms with Crippen LogP contribution in [-0.2, 0) is 13.6 Å². The number of anilines is 2. The summed E-state index contributed by atoms with van der Waals surface area (Å²) in [7, 11) is 1.81.